The van der Waals surface area contributed by atoms with Crippen LogP contribution in [0.25, 0.3) is 0 Å². The molecule has 8 nitrogen and oxygen atoms in total. The summed E-state index contributed by atoms with van der Waals surface area (Å²) in [7, 11) is -2.50. The summed E-state index contributed by atoms with van der Waals surface area (Å²) in [4.78, 5) is 0.0733. The first-order valence-electron chi connectivity index (χ1n) is 6.64. The zero-order valence-electron chi connectivity index (χ0n) is 11.9. The molecule has 0 spiro atoms. The lowest BCUT2D eigenvalue weighted by Gasteiger charge is -2.39. The van der Waals surface area contributed by atoms with Crippen LogP contribution in [0, 0.1) is 0 Å². The van der Waals surface area contributed by atoms with Crippen molar-refractivity contribution in [1.82, 2.24) is 4.72 Å². The van der Waals surface area contributed by atoms with Crippen molar-refractivity contribution < 1.29 is 33.2 Å². The highest BCUT2D eigenvalue weighted by Gasteiger charge is 2.44. The average molecular weight is 333 g/mol. The van der Waals surface area contributed by atoms with Crippen LogP contribution in [0.15, 0.2) is 35.2 Å². The van der Waals surface area contributed by atoms with Crippen LogP contribution >= 0.6 is 0 Å². The quantitative estimate of drug-likeness (QED) is 0.512. The van der Waals surface area contributed by atoms with Gasteiger partial charge < -0.3 is 24.8 Å². The lowest BCUT2D eigenvalue weighted by molar-refractivity contribution is -0.287. The van der Waals surface area contributed by atoms with E-state index in [9.17, 15) is 23.7 Å². The van der Waals surface area contributed by atoms with Crippen molar-refractivity contribution >= 4 is 10.0 Å². The lowest BCUT2D eigenvalue weighted by atomic mass is 9.99. The molecule has 1 fully saturated rings. The van der Waals surface area contributed by atoms with Crippen molar-refractivity contribution in [3.63, 3.8) is 0 Å². The van der Waals surface area contributed by atoms with E-state index >= 15 is 0 Å². The van der Waals surface area contributed by atoms with E-state index in [0.717, 1.165) is 0 Å². The normalized spacial score (nSPS) is 32.8. The molecule has 1 aromatic carbocycles. The fraction of sp³-hybridized carbons (Fsp3) is 0.538. The number of rotatable bonds is 5. The molecule has 5 atom stereocenters. The molecule has 1 aromatic rings. The van der Waals surface area contributed by atoms with Gasteiger partial charge in [0.25, 0.3) is 0 Å². The Labute approximate surface area is 128 Å². The Morgan fingerprint density at radius 1 is 1.14 bits per heavy atom. The molecule has 0 amide bonds. The lowest BCUT2D eigenvalue weighted by Crippen LogP contribution is -2.60. The van der Waals surface area contributed by atoms with Gasteiger partial charge in [-0.05, 0) is 12.1 Å². The first-order chi connectivity index (χ1) is 10.4. The topological polar surface area (TPSA) is 125 Å². The molecular formula is C13H19NO7S. The minimum atomic E-state index is -3.76. The van der Waals surface area contributed by atoms with Crippen LogP contribution < -0.4 is 4.72 Å². The van der Waals surface area contributed by atoms with E-state index in [0.29, 0.717) is 0 Å². The Balaban J connectivity index is 2.04. The van der Waals surface area contributed by atoms with Crippen molar-refractivity contribution in [3.8, 4) is 0 Å². The van der Waals surface area contributed by atoms with Gasteiger partial charge in [-0.25, -0.2) is 13.1 Å². The highest BCUT2D eigenvalue weighted by atomic mass is 32.2. The monoisotopic (exact) mass is 333 g/mol. The molecule has 1 aliphatic heterocycles. The number of ether oxygens (including phenoxy) is 2. The van der Waals surface area contributed by atoms with Gasteiger partial charge in [0.05, 0.1) is 4.90 Å². The van der Waals surface area contributed by atoms with Crippen LogP contribution in [-0.2, 0) is 19.5 Å². The van der Waals surface area contributed by atoms with E-state index in [-0.39, 0.29) is 11.4 Å². The predicted molar refractivity (Wildman–Crippen MR) is 75.3 cm³/mol. The average Bonchev–Trinajstić information content (AvgIpc) is 2.53. The van der Waals surface area contributed by atoms with E-state index in [1.54, 1.807) is 18.2 Å². The molecule has 22 heavy (non-hydrogen) atoms. The Morgan fingerprint density at radius 2 is 1.77 bits per heavy atom. The molecule has 4 N–H and O–H groups in total. The van der Waals surface area contributed by atoms with Gasteiger partial charge in [0.15, 0.2) is 6.29 Å². The molecule has 0 bridgehead atoms. The van der Waals surface area contributed by atoms with Crippen LogP contribution in [0.4, 0.5) is 0 Å². The van der Waals surface area contributed by atoms with E-state index in [4.69, 9.17) is 9.47 Å². The number of benzene rings is 1. The summed E-state index contributed by atoms with van der Waals surface area (Å²) < 4.78 is 36.6. The number of hydrogen-bond donors (Lipinski definition) is 4. The van der Waals surface area contributed by atoms with Gasteiger partial charge in [-0.1, -0.05) is 18.2 Å². The summed E-state index contributed by atoms with van der Waals surface area (Å²) in [6.07, 6.45) is -6.56. The van der Waals surface area contributed by atoms with Crippen LogP contribution in [0.2, 0.25) is 0 Å². The van der Waals surface area contributed by atoms with Gasteiger partial charge in [-0.15, -0.1) is 0 Å². The first kappa shape index (κ1) is 17.3. The van der Waals surface area contributed by atoms with Crippen molar-refractivity contribution in [2.24, 2.45) is 0 Å². The fourth-order valence-corrected chi connectivity index (χ4v) is 3.22. The molecule has 2 rings (SSSR count). The molecular weight excluding hydrogens is 314 g/mol. The largest absolute Gasteiger partial charge is 0.388 e. The summed E-state index contributed by atoms with van der Waals surface area (Å²) in [5, 5.41) is 29.2. The molecule has 9 heteroatoms. The van der Waals surface area contributed by atoms with E-state index < -0.39 is 40.7 Å². The van der Waals surface area contributed by atoms with Crippen molar-refractivity contribution in [1.29, 1.82) is 0 Å². The maximum absolute atomic E-state index is 12.1. The molecule has 0 radical (unpaired) electrons. The number of aliphatic hydroxyl groups is 3. The molecule has 124 valence electrons. The maximum atomic E-state index is 12.1. The zero-order chi connectivity index (χ0) is 16.3. The van der Waals surface area contributed by atoms with Crippen LogP contribution in [0.3, 0.4) is 0 Å². The molecule has 0 saturated carbocycles. The van der Waals surface area contributed by atoms with Gasteiger partial charge >= 0.3 is 0 Å². The van der Waals surface area contributed by atoms with Crippen molar-refractivity contribution in [2.45, 2.75) is 35.6 Å². The predicted octanol–water partition coefficient (Wildman–Crippen LogP) is -1.58. The Bertz CT molecular complexity index is 577. The highest BCUT2D eigenvalue weighted by molar-refractivity contribution is 7.89. The van der Waals surface area contributed by atoms with Gasteiger partial charge in [-0.3, -0.25) is 0 Å². The van der Waals surface area contributed by atoms with Gasteiger partial charge in [0.2, 0.25) is 10.0 Å². The second-order valence-electron chi connectivity index (χ2n) is 4.92. The van der Waals surface area contributed by atoms with Gasteiger partial charge in [0, 0.05) is 13.7 Å². The highest BCUT2D eigenvalue weighted by Crippen LogP contribution is 2.21. The van der Waals surface area contributed by atoms with Crippen LogP contribution in [0.1, 0.15) is 0 Å². The molecule has 0 aliphatic carbocycles. The summed E-state index contributed by atoms with van der Waals surface area (Å²) >= 11 is 0. The first-order valence-corrected chi connectivity index (χ1v) is 8.12. The number of methoxy groups -OCH3 is 1. The molecule has 1 saturated heterocycles. The molecule has 1 heterocycles. The minimum absolute atomic E-state index is 0.0733. The summed E-state index contributed by atoms with van der Waals surface area (Å²) in [5.74, 6) is 0. The second kappa shape index (κ2) is 7.01. The number of aliphatic hydroxyl groups excluding tert-OH is 3. The third kappa shape index (κ3) is 3.63. The summed E-state index contributed by atoms with van der Waals surface area (Å²) in [6, 6.07) is 7.71. The standard InChI is InChI=1S/C13H19NO7S/c1-20-13-12(17)11(16)10(15)9(21-13)7-14-22(18,19)8-5-3-2-4-6-8/h2-6,9-17H,7H2,1H3/t9-,10-,11?,12+,13?/m1/s1. The minimum Gasteiger partial charge on any atom is -0.388 e. The maximum Gasteiger partial charge on any atom is 0.240 e. The van der Waals surface area contributed by atoms with Crippen LogP contribution in [-0.4, -0.2) is 68.1 Å². The van der Waals surface area contributed by atoms with E-state index in [1.165, 1.54) is 19.2 Å². The SMILES string of the molecule is COC1O[C@H](CNS(=O)(=O)c2ccccc2)[C@@H](O)C(O)[C@@H]1O. The smallest absolute Gasteiger partial charge is 0.240 e. The van der Waals surface area contributed by atoms with E-state index in [1.807, 2.05) is 0 Å². The van der Waals surface area contributed by atoms with E-state index in [2.05, 4.69) is 4.72 Å². The number of hydrogen-bond acceptors (Lipinski definition) is 7. The van der Waals surface area contributed by atoms with Crippen LogP contribution in [0.5, 0.6) is 0 Å². The second-order valence-corrected chi connectivity index (χ2v) is 6.68. The fourth-order valence-electron chi connectivity index (χ4n) is 2.15. The molecule has 0 aromatic heterocycles. The molecule has 2 unspecified atom stereocenters. The third-order valence-electron chi connectivity index (χ3n) is 3.43. The number of nitrogens with one attached hydrogen (secondary N) is 1. The Morgan fingerprint density at radius 3 is 2.36 bits per heavy atom. The van der Waals surface area contributed by atoms with Gasteiger partial charge in [-0.2, -0.15) is 0 Å². The Kier molecular flexibility index (Phi) is 5.50. The summed E-state index contributed by atoms with van der Waals surface area (Å²) in [5.41, 5.74) is 0. The summed E-state index contributed by atoms with van der Waals surface area (Å²) in [6.45, 7) is -0.276. The van der Waals surface area contributed by atoms with Crippen molar-refractivity contribution in [2.75, 3.05) is 13.7 Å². The van der Waals surface area contributed by atoms with Crippen molar-refractivity contribution in [3.05, 3.63) is 30.3 Å². The third-order valence-corrected chi connectivity index (χ3v) is 4.87. The molecule has 1 aliphatic rings. The zero-order valence-corrected chi connectivity index (χ0v) is 12.7. The number of sulfonamides is 1. The Hall–Kier alpha value is -1.07. The van der Waals surface area contributed by atoms with Gasteiger partial charge in [0.1, 0.15) is 24.4 Å².